The van der Waals surface area contributed by atoms with E-state index in [2.05, 4.69) is 5.32 Å². The molecule has 1 saturated carbocycles. The van der Waals surface area contributed by atoms with Crippen LogP contribution in [0.4, 0.5) is 0 Å². The van der Waals surface area contributed by atoms with Crippen LogP contribution in [-0.2, 0) is 6.54 Å². The highest BCUT2D eigenvalue weighted by Crippen LogP contribution is 2.47. The van der Waals surface area contributed by atoms with Gasteiger partial charge in [-0.2, -0.15) is 0 Å². The molecule has 0 atom stereocenters. The second-order valence-corrected chi connectivity index (χ2v) is 5.29. The van der Waals surface area contributed by atoms with Gasteiger partial charge in [0.05, 0.1) is 0 Å². The van der Waals surface area contributed by atoms with E-state index in [-0.39, 0.29) is 12.4 Å². The van der Waals surface area contributed by atoms with Gasteiger partial charge < -0.3 is 15.5 Å². The van der Waals surface area contributed by atoms with Crippen LogP contribution in [0.25, 0.3) is 0 Å². The Morgan fingerprint density at radius 1 is 1.35 bits per heavy atom. The van der Waals surface area contributed by atoms with Crippen LogP contribution in [0, 0.1) is 5.41 Å². The highest BCUT2D eigenvalue weighted by atomic mass is 35.5. The fourth-order valence-electron chi connectivity index (χ4n) is 2.09. The Morgan fingerprint density at radius 2 is 2.12 bits per heavy atom. The van der Waals surface area contributed by atoms with Crippen LogP contribution in [-0.4, -0.2) is 23.4 Å². The lowest BCUT2D eigenvalue weighted by molar-refractivity contribution is 0.245. The number of halogens is 1. The summed E-state index contributed by atoms with van der Waals surface area (Å²) in [6.45, 7) is 1.75. The molecular weight excluding hydrogens is 238 g/mol. The summed E-state index contributed by atoms with van der Waals surface area (Å²) in [6, 6.07) is 5.06. The highest BCUT2D eigenvalue weighted by Gasteiger charge is 2.41. The third-order valence-corrected chi connectivity index (χ3v) is 3.69. The molecule has 1 aliphatic carbocycles. The van der Waals surface area contributed by atoms with Crippen molar-refractivity contribution in [1.82, 2.24) is 5.32 Å². The molecule has 1 aromatic carbocycles. The first-order valence-electron chi connectivity index (χ1n) is 5.94. The number of phenols is 1. The fourth-order valence-corrected chi connectivity index (χ4v) is 2.28. The number of aliphatic hydroxyl groups excluding tert-OH is 1. The molecule has 0 bridgehead atoms. The number of aliphatic hydroxyl groups is 1. The topological polar surface area (TPSA) is 52.5 Å². The van der Waals surface area contributed by atoms with Crippen LogP contribution in [0.15, 0.2) is 18.2 Å². The van der Waals surface area contributed by atoms with Gasteiger partial charge in [-0.25, -0.2) is 0 Å². The Balaban J connectivity index is 1.84. The van der Waals surface area contributed by atoms with Gasteiger partial charge in [0.2, 0.25) is 0 Å². The summed E-state index contributed by atoms with van der Waals surface area (Å²) in [6.07, 6.45) is 3.23. The van der Waals surface area contributed by atoms with Gasteiger partial charge in [-0.05, 0) is 42.9 Å². The number of hydrogen-bond donors (Lipinski definition) is 3. The number of benzene rings is 1. The standard InChI is InChI=1S/C13H18ClNO2/c14-11-1-2-12(17)10(7-11)8-15-9-13(3-4-13)5-6-16/h1-2,7,15-17H,3-6,8-9H2. The largest absolute Gasteiger partial charge is 0.508 e. The quantitative estimate of drug-likeness (QED) is 0.731. The van der Waals surface area contributed by atoms with E-state index in [0.717, 1.165) is 18.5 Å². The molecule has 4 heteroatoms. The molecule has 0 aliphatic heterocycles. The van der Waals surface area contributed by atoms with Gasteiger partial charge >= 0.3 is 0 Å². The summed E-state index contributed by atoms with van der Waals surface area (Å²) in [4.78, 5) is 0. The summed E-state index contributed by atoms with van der Waals surface area (Å²) >= 11 is 5.88. The predicted octanol–water partition coefficient (Wildman–Crippen LogP) is 2.30. The smallest absolute Gasteiger partial charge is 0.120 e. The number of aromatic hydroxyl groups is 1. The van der Waals surface area contributed by atoms with Gasteiger partial charge in [0, 0.05) is 30.3 Å². The van der Waals surface area contributed by atoms with E-state index < -0.39 is 0 Å². The molecule has 0 saturated heterocycles. The van der Waals surface area contributed by atoms with Gasteiger partial charge in [0.25, 0.3) is 0 Å². The van der Waals surface area contributed by atoms with E-state index in [9.17, 15) is 5.11 Å². The first kappa shape index (κ1) is 12.7. The van der Waals surface area contributed by atoms with E-state index >= 15 is 0 Å². The lowest BCUT2D eigenvalue weighted by Gasteiger charge is -2.15. The molecule has 1 fully saturated rings. The Morgan fingerprint density at radius 3 is 2.76 bits per heavy atom. The normalized spacial score (nSPS) is 17.1. The molecule has 0 unspecified atom stereocenters. The maximum Gasteiger partial charge on any atom is 0.120 e. The van der Waals surface area contributed by atoms with E-state index in [1.165, 1.54) is 12.8 Å². The van der Waals surface area contributed by atoms with Crippen molar-refractivity contribution in [3.63, 3.8) is 0 Å². The zero-order chi connectivity index (χ0) is 12.3. The van der Waals surface area contributed by atoms with Gasteiger partial charge in [0.1, 0.15) is 5.75 Å². The zero-order valence-electron chi connectivity index (χ0n) is 9.75. The van der Waals surface area contributed by atoms with Gasteiger partial charge in [-0.15, -0.1) is 0 Å². The number of hydrogen-bond acceptors (Lipinski definition) is 3. The molecule has 94 valence electrons. The molecule has 1 aliphatic rings. The van der Waals surface area contributed by atoms with E-state index in [1.54, 1.807) is 18.2 Å². The SMILES string of the molecule is OCCC1(CNCc2cc(Cl)ccc2O)CC1. The van der Waals surface area contributed by atoms with Crippen molar-refractivity contribution in [2.75, 3.05) is 13.2 Å². The molecule has 0 spiro atoms. The maximum atomic E-state index is 9.64. The highest BCUT2D eigenvalue weighted by molar-refractivity contribution is 6.30. The van der Waals surface area contributed by atoms with Crippen molar-refractivity contribution in [1.29, 1.82) is 0 Å². The lowest BCUT2D eigenvalue weighted by Crippen LogP contribution is -2.24. The van der Waals surface area contributed by atoms with Crippen LogP contribution in [0.3, 0.4) is 0 Å². The molecule has 0 radical (unpaired) electrons. The lowest BCUT2D eigenvalue weighted by atomic mass is 10.0. The minimum atomic E-state index is 0.254. The summed E-state index contributed by atoms with van der Waals surface area (Å²) in [5, 5.41) is 22.6. The second kappa shape index (κ2) is 5.25. The molecule has 0 amide bonds. The predicted molar refractivity (Wildman–Crippen MR) is 68.2 cm³/mol. The Hall–Kier alpha value is -0.770. The molecule has 3 nitrogen and oxygen atoms in total. The number of phenolic OH excluding ortho intramolecular Hbond substituents is 1. The van der Waals surface area contributed by atoms with Crippen LogP contribution >= 0.6 is 11.6 Å². The first-order valence-corrected chi connectivity index (χ1v) is 6.32. The molecule has 0 heterocycles. The minimum absolute atomic E-state index is 0.254. The minimum Gasteiger partial charge on any atom is -0.508 e. The third-order valence-electron chi connectivity index (χ3n) is 3.46. The molecule has 3 N–H and O–H groups in total. The van der Waals surface area contributed by atoms with Crippen molar-refractivity contribution in [2.45, 2.75) is 25.8 Å². The van der Waals surface area contributed by atoms with Crippen LogP contribution in [0.5, 0.6) is 5.75 Å². The Labute approximate surface area is 106 Å². The average Bonchev–Trinajstić information content (AvgIpc) is 3.04. The third kappa shape index (κ3) is 3.35. The Kier molecular flexibility index (Phi) is 3.92. The fraction of sp³-hybridized carbons (Fsp3) is 0.538. The van der Waals surface area contributed by atoms with Gasteiger partial charge in [-0.3, -0.25) is 0 Å². The average molecular weight is 256 g/mol. The maximum absolute atomic E-state index is 9.64. The summed E-state index contributed by atoms with van der Waals surface area (Å²) < 4.78 is 0. The van der Waals surface area contributed by atoms with Crippen molar-refractivity contribution in [3.05, 3.63) is 28.8 Å². The van der Waals surface area contributed by atoms with E-state index in [1.807, 2.05) is 0 Å². The van der Waals surface area contributed by atoms with Crippen LogP contribution in [0.2, 0.25) is 5.02 Å². The van der Waals surface area contributed by atoms with Crippen molar-refractivity contribution in [2.24, 2.45) is 5.41 Å². The molecule has 1 aromatic rings. The Bertz CT molecular complexity index is 391. The van der Waals surface area contributed by atoms with Gasteiger partial charge in [-0.1, -0.05) is 11.6 Å². The number of rotatable bonds is 6. The van der Waals surface area contributed by atoms with Gasteiger partial charge in [0.15, 0.2) is 0 Å². The van der Waals surface area contributed by atoms with Crippen LogP contribution in [0.1, 0.15) is 24.8 Å². The van der Waals surface area contributed by atoms with E-state index in [0.29, 0.717) is 17.0 Å². The van der Waals surface area contributed by atoms with E-state index in [4.69, 9.17) is 16.7 Å². The molecular formula is C13H18ClNO2. The number of nitrogens with one attached hydrogen (secondary N) is 1. The van der Waals surface area contributed by atoms with Crippen molar-refractivity contribution < 1.29 is 10.2 Å². The zero-order valence-corrected chi connectivity index (χ0v) is 10.5. The first-order chi connectivity index (χ1) is 8.15. The molecule has 0 aromatic heterocycles. The van der Waals surface area contributed by atoms with Crippen molar-refractivity contribution in [3.8, 4) is 5.75 Å². The molecule has 2 rings (SSSR count). The second-order valence-electron chi connectivity index (χ2n) is 4.85. The van der Waals surface area contributed by atoms with Crippen LogP contribution < -0.4 is 5.32 Å². The van der Waals surface area contributed by atoms with Crippen molar-refractivity contribution >= 4 is 11.6 Å². The monoisotopic (exact) mass is 255 g/mol. The summed E-state index contributed by atoms with van der Waals surface area (Å²) in [7, 11) is 0. The molecule has 17 heavy (non-hydrogen) atoms. The summed E-state index contributed by atoms with van der Waals surface area (Å²) in [5.74, 6) is 0.272. The summed E-state index contributed by atoms with van der Waals surface area (Å²) in [5.41, 5.74) is 1.11.